The Balaban J connectivity index is 1.55. The maximum absolute atomic E-state index is 12.1. The molecule has 1 saturated carbocycles. The molecule has 8 rings (SSSR count). The zero-order chi connectivity index (χ0) is 14.6. The SMILES string of the molecule is O=C1OC(=O)C2=C1[C@H]1C=C[C@@H]2[C@@H]2[C@@H]3C=C[C@@H]([C@H]4COC[C@@H]34)[C@@H]21. The highest BCUT2D eigenvalue weighted by molar-refractivity contribution is 6.14. The molecule has 4 nitrogen and oxygen atoms in total. The van der Waals surface area contributed by atoms with Crippen LogP contribution in [0.4, 0.5) is 0 Å². The Bertz CT molecular complexity index is 659. The minimum absolute atomic E-state index is 0.0583. The second-order valence-electron chi connectivity index (χ2n) is 7.50. The van der Waals surface area contributed by atoms with Crippen LogP contribution >= 0.6 is 0 Å². The molecule has 0 spiro atoms. The van der Waals surface area contributed by atoms with E-state index in [0.717, 1.165) is 13.2 Å². The van der Waals surface area contributed by atoms with Crippen molar-refractivity contribution in [1.29, 1.82) is 0 Å². The first-order valence-corrected chi connectivity index (χ1v) is 8.20. The van der Waals surface area contributed by atoms with Crippen LogP contribution in [-0.2, 0) is 19.1 Å². The molecular formula is C18H16O4. The topological polar surface area (TPSA) is 52.6 Å². The van der Waals surface area contributed by atoms with E-state index in [2.05, 4.69) is 24.3 Å². The first-order valence-electron chi connectivity index (χ1n) is 8.20. The van der Waals surface area contributed by atoms with Crippen molar-refractivity contribution in [3.05, 3.63) is 35.5 Å². The third-order valence-electron chi connectivity index (χ3n) is 6.99. The molecule has 0 aromatic carbocycles. The molecule has 0 radical (unpaired) electrons. The minimum atomic E-state index is -0.401. The van der Waals surface area contributed by atoms with Gasteiger partial charge in [-0.25, -0.2) is 9.59 Å². The van der Waals surface area contributed by atoms with Crippen LogP contribution in [-0.4, -0.2) is 25.2 Å². The fourth-order valence-corrected chi connectivity index (χ4v) is 6.34. The average molecular weight is 296 g/mol. The Morgan fingerprint density at radius 3 is 1.77 bits per heavy atom. The fraction of sp³-hybridized carbons (Fsp3) is 0.556. The predicted molar refractivity (Wildman–Crippen MR) is 75.1 cm³/mol. The van der Waals surface area contributed by atoms with Crippen molar-refractivity contribution in [2.24, 2.45) is 47.3 Å². The maximum atomic E-state index is 12.1. The van der Waals surface area contributed by atoms with E-state index in [-0.39, 0.29) is 11.8 Å². The minimum Gasteiger partial charge on any atom is -0.386 e. The van der Waals surface area contributed by atoms with Crippen LogP contribution in [0.1, 0.15) is 0 Å². The van der Waals surface area contributed by atoms with E-state index in [1.807, 2.05) is 0 Å². The molecule has 4 heteroatoms. The van der Waals surface area contributed by atoms with Crippen molar-refractivity contribution < 1.29 is 19.1 Å². The third-order valence-corrected chi connectivity index (χ3v) is 6.99. The molecule has 2 heterocycles. The van der Waals surface area contributed by atoms with Gasteiger partial charge < -0.3 is 9.47 Å². The van der Waals surface area contributed by atoms with Crippen molar-refractivity contribution in [1.82, 2.24) is 0 Å². The Hall–Kier alpha value is -1.68. The van der Waals surface area contributed by atoms with E-state index in [4.69, 9.17) is 9.47 Å². The lowest BCUT2D eigenvalue weighted by molar-refractivity contribution is -0.151. The lowest BCUT2D eigenvalue weighted by Gasteiger charge is -2.58. The molecule has 0 N–H and O–H groups in total. The van der Waals surface area contributed by atoms with E-state index in [9.17, 15) is 9.59 Å². The molecular weight excluding hydrogens is 280 g/mol. The summed E-state index contributed by atoms with van der Waals surface area (Å²) in [4.78, 5) is 24.3. The molecule has 8 atom stereocenters. The summed E-state index contributed by atoms with van der Waals surface area (Å²) < 4.78 is 10.7. The normalized spacial score (nSPS) is 52.9. The van der Waals surface area contributed by atoms with Crippen molar-refractivity contribution in [2.75, 3.05) is 13.2 Å². The Morgan fingerprint density at radius 1 is 0.773 bits per heavy atom. The number of rotatable bonds is 0. The quantitative estimate of drug-likeness (QED) is 0.386. The van der Waals surface area contributed by atoms with Gasteiger partial charge in [0.05, 0.1) is 24.4 Å². The summed E-state index contributed by atoms with van der Waals surface area (Å²) in [5.41, 5.74) is 1.32. The third kappa shape index (κ3) is 1.11. The molecule has 0 aromatic rings. The Kier molecular flexibility index (Phi) is 1.95. The van der Waals surface area contributed by atoms with Crippen LogP contribution in [0.15, 0.2) is 35.5 Å². The van der Waals surface area contributed by atoms with Gasteiger partial charge >= 0.3 is 11.9 Å². The maximum Gasteiger partial charge on any atom is 0.343 e. The monoisotopic (exact) mass is 296 g/mol. The number of ether oxygens (including phenoxy) is 2. The number of allylic oxidation sites excluding steroid dienone is 4. The van der Waals surface area contributed by atoms with E-state index in [1.165, 1.54) is 0 Å². The number of hydrogen-bond donors (Lipinski definition) is 0. The summed E-state index contributed by atoms with van der Waals surface area (Å²) >= 11 is 0. The summed E-state index contributed by atoms with van der Waals surface area (Å²) in [6.07, 6.45) is 9.03. The number of cyclic esters (lactones) is 2. The highest BCUT2D eigenvalue weighted by atomic mass is 16.6. The van der Waals surface area contributed by atoms with Crippen LogP contribution in [0, 0.1) is 47.3 Å². The van der Waals surface area contributed by atoms with E-state index in [1.54, 1.807) is 0 Å². The van der Waals surface area contributed by atoms with Crippen LogP contribution in [0.2, 0.25) is 0 Å². The average Bonchev–Trinajstić information content (AvgIpc) is 3.15. The molecule has 0 unspecified atom stereocenters. The molecule has 8 aliphatic rings. The first-order chi connectivity index (χ1) is 10.8. The van der Waals surface area contributed by atoms with Crippen LogP contribution in [0.25, 0.3) is 0 Å². The zero-order valence-electron chi connectivity index (χ0n) is 12.0. The van der Waals surface area contributed by atoms with Gasteiger partial charge in [-0.2, -0.15) is 0 Å². The molecule has 2 aliphatic heterocycles. The molecule has 0 amide bonds. The van der Waals surface area contributed by atoms with Gasteiger partial charge in [0.15, 0.2) is 0 Å². The van der Waals surface area contributed by atoms with Crippen molar-refractivity contribution in [2.45, 2.75) is 0 Å². The van der Waals surface area contributed by atoms with Crippen LogP contribution < -0.4 is 0 Å². The lowest BCUT2D eigenvalue weighted by Crippen LogP contribution is -2.56. The summed E-state index contributed by atoms with van der Waals surface area (Å²) in [6, 6.07) is 0. The summed E-state index contributed by atoms with van der Waals surface area (Å²) in [5, 5.41) is 0. The van der Waals surface area contributed by atoms with Gasteiger partial charge in [0.2, 0.25) is 0 Å². The second-order valence-corrected chi connectivity index (χ2v) is 7.50. The highest BCUT2D eigenvalue weighted by Crippen LogP contribution is 2.64. The van der Waals surface area contributed by atoms with Gasteiger partial charge in [-0.05, 0) is 35.5 Å². The number of esters is 2. The highest BCUT2D eigenvalue weighted by Gasteiger charge is 2.63. The second kappa shape index (κ2) is 3.62. The predicted octanol–water partition coefficient (Wildman–Crippen LogP) is 1.49. The zero-order valence-corrected chi connectivity index (χ0v) is 12.0. The first kappa shape index (κ1) is 11.8. The van der Waals surface area contributed by atoms with Gasteiger partial charge in [-0.1, -0.05) is 24.3 Å². The van der Waals surface area contributed by atoms with Crippen molar-refractivity contribution >= 4 is 11.9 Å². The molecule has 2 fully saturated rings. The van der Waals surface area contributed by atoms with E-state index < -0.39 is 11.9 Å². The molecule has 4 bridgehead atoms. The molecule has 112 valence electrons. The molecule has 1 saturated heterocycles. The summed E-state index contributed by atoms with van der Waals surface area (Å²) in [7, 11) is 0. The largest absolute Gasteiger partial charge is 0.386 e. The molecule has 6 aliphatic carbocycles. The van der Waals surface area contributed by atoms with Gasteiger partial charge in [0.1, 0.15) is 0 Å². The lowest BCUT2D eigenvalue weighted by atomic mass is 9.44. The van der Waals surface area contributed by atoms with Crippen molar-refractivity contribution in [3.8, 4) is 0 Å². The standard InChI is InChI=1S/C18H16O4/c19-17-15-9-3-4-10(16(15)18(20)22-17)14-8-2-1-7(13(9)14)11-5-21-6-12(8)11/h1-4,7-14H,5-6H2/t7-,8+,9-,10+,11+,12-,13+,14-. The number of carbonyl (C=O) groups excluding carboxylic acids is 2. The van der Waals surface area contributed by atoms with Gasteiger partial charge in [-0.3, -0.25) is 0 Å². The smallest absolute Gasteiger partial charge is 0.343 e. The van der Waals surface area contributed by atoms with Gasteiger partial charge in [-0.15, -0.1) is 0 Å². The Morgan fingerprint density at radius 2 is 1.27 bits per heavy atom. The summed E-state index contributed by atoms with van der Waals surface area (Å²) in [5.74, 6) is 2.29. The van der Waals surface area contributed by atoms with Gasteiger partial charge in [0, 0.05) is 11.8 Å². The molecule has 22 heavy (non-hydrogen) atoms. The molecule has 0 aromatic heterocycles. The van der Waals surface area contributed by atoms with Crippen LogP contribution in [0.5, 0.6) is 0 Å². The van der Waals surface area contributed by atoms with E-state index >= 15 is 0 Å². The summed E-state index contributed by atoms with van der Waals surface area (Å²) in [6.45, 7) is 1.69. The van der Waals surface area contributed by atoms with E-state index in [0.29, 0.717) is 46.7 Å². The fourth-order valence-electron chi connectivity index (χ4n) is 6.34. The van der Waals surface area contributed by atoms with Crippen LogP contribution in [0.3, 0.4) is 0 Å². The van der Waals surface area contributed by atoms with Crippen molar-refractivity contribution in [3.63, 3.8) is 0 Å². The van der Waals surface area contributed by atoms with Gasteiger partial charge in [0.25, 0.3) is 0 Å². The number of hydrogen-bond acceptors (Lipinski definition) is 4. The number of carbonyl (C=O) groups is 2. The Labute approximate surface area is 127 Å².